The maximum Gasteiger partial charge on any atom is 0.262 e. The first-order chi connectivity index (χ1) is 14.9. The minimum atomic E-state index is -0.182. The summed E-state index contributed by atoms with van der Waals surface area (Å²) in [5, 5.41) is 3.95. The molecule has 0 fully saturated rings. The summed E-state index contributed by atoms with van der Waals surface area (Å²) in [4.78, 5) is 30.3. The molecule has 6 nitrogen and oxygen atoms in total. The topological polar surface area (TPSA) is 73.2 Å². The molecule has 0 saturated heterocycles. The standard InChI is InChI=1S/C24H27N3O3S/c1-5-17-6-8-18(9-7-17)15-31-24-26-21-14-19(22(28)25-16(2)3)10-11-20(21)23(29)27(24)12-13-30-4/h5-11,14,16H,1,12-13,15H2,2-4H3,(H,25,28). The van der Waals surface area contributed by atoms with E-state index in [1.807, 2.05) is 38.1 Å². The lowest BCUT2D eigenvalue weighted by atomic mass is 10.1. The van der Waals surface area contributed by atoms with Crippen molar-refractivity contribution in [3.8, 4) is 0 Å². The van der Waals surface area contributed by atoms with Crippen LogP contribution in [-0.2, 0) is 17.0 Å². The molecule has 0 saturated carbocycles. The van der Waals surface area contributed by atoms with Crippen LogP contribution in [0.5, 0.6) is 0 Å². The fourth-order valence-corrected chi connectivity index (χ4v) is 4.06. The van der Waals surface area contributed by atoms with E-state index in [4.69, 9.17) is 9.72 Å². The number of hydrogen-bond donors (Lipinski definition) is 1. The van der Waals surface area contributed by atoms with E-state index in [0.29, 0.717) is 40.5 Å². The zero-order chi connectivity index (χ0) is 22.4. The molecule has 0 radical (unpaired) electrons. The van der Waals surface area contributed by atoms with Gasteiger partial charge in [0.1, 0.15) is 0 Å². The maximum absolute atomic E-state index is 13.2. The predicted octanol–water partition coefficient (Wildman–Crippen LogP) is 4.12. The highest BCUT2D eigenvalue weighted by atomic mass is 32.2. The number of methoxy groups -OCH3 is 1. The largest absolute Gasteiger partial charge is 0.383 e. The minimum Gasteiger partial charge on any atom is -0.383 e. The summed E-state index contributed by atoms with van der Waals surface area (Å²) in [6, 6.07) is 13.1. The molecule has 3 rings (SSSR count). The summed E-state index contributed by atoms with van der Waals surface area (Å²) in [6.07, 6.45) is 1.80. The number of carbonyl (C=O) groups is 1. The van der Waals surface area contributed by atoms with Crippen LogP contribution in [0.15, 0.2) is 59.0 Å². The van der Waals surface area contributed by atoms with Crippen molar-refractivity contribution in [2.45, 2.75) is 37.3 Å². The smallest absolute Gasteiger partial charge is 0.262 e. The Morgan fingerprint density at radius 1 is 1.26 bits per heavy atom. The third-order valence-corrected chi connectivity index (χ3v) is 5.75. The Hall–Kier alpha value is -2.90. The fourth-order valence-electron chi connectivity index (χ4n) is 3.08. The van der Waals surface area contributed by atoms with Crippen LogP contribution in [0.2, 0.25) is 0 Å². The van der Waals surface area contributed by atoms with Crippen molar-refractivity contribution in [2.75, 3.05) is 13.7 Å². The van der Waals surface area contributed by atoms with Crippen LogP contribution in [0.3, 0.4) is 0 Å². The molecule has 0 atom stereocenters. The van der Waals surface area contributed by atoms with Gasteiger partial charge in [-0.15, -0.1) is 0 Å². The zero-order valence-corrected chi connectivity index (χ0v) is 18.9. The molecule has 0 aliphatic rings. The molecule has 0 unspecified atom stereocenters. The van der Waals surface area contributed by atoms with Crippen molar-refractivity contribution < 1.29 is 9.53 Å². The lowest BCUT2D eigenvalue weighted by Gasteiger charge is -2.14. The normalized spacial score (nSPS) is 11.1. The molecular weight excluding hydrogens is 410 g/mol. The van der Waals surface area contributed by atoms with Gasteiger partial charge in [-0.2, -0.15) is 0 Å². The Kier molecular flexibility index (Phi) is 7.65. The number of aromatic nitrogens is 2. The third-order valence-electron chi connectivity index (χ3n) is 4.70. The number of fused-ring (bicyclic) bond motifs is 1. The number of hydrogen-bond acceptors (Lipinski definition) is 5. The van der Waals surface area contributed by atoms with E-state index < -0.39 is 0 Å². The van der Waals surface area contributed by atoms with E-state index in [-0.39, 0.29) is 17.5 Å². The molecule has 0 spiro atoms. The molecule has 1 amide bonds. The highest BCUT2D eigenvalue weighted by Crippen LogP contribution is 2.23. The van der Waals surface area contributed by atoms with E-state index >= 15 is 0 Å². The number of amides is 1. The molecule has 0 aliphatic heterocycles. The first-order valence-corrected chi connectivity index (χ1v) is 11.1. The van der Waals surface area contributed by atoms with Gasteiger partial charge in [0, 0.05) is 24.5 Å². The first-order valence-electron chi connectivity index (χ1n) is 10.1. The Labute approximate surface area is 186 Å². The van der Waals surface area contributed by atoms with Gasteiger partial charge in [-0.1, -0.05) is 48.7 Å². The summed E-state index contributed by atoms with van der Waals surface area (Å²) in [7, 11) is 1.60. The van der Waals surface area contributed by atoms with Gasteiger partial charge >= 0.3 is 0 Å². The highest BCUT2D eigenvalue weighted by Gasteiger charge is 2.15. The third kappa shape index (κ3) is 5.62. The summed E-state index contributed by atoms with van der Waals surface area (Å²) in [5.74, 6) is 0.481. The van der Waals surface area contributed by atoms with Crippen molar-refractivity contribution >= 4 is 34.6 Å². The van der Waals surface area contributed by atoms with E-state index in [1.165, 1.54) is 11.8 Å². The Balaban J connectivity index is 1.97. The van der Waals surface area contributed by atoms with Gasteiger partial charge < -0.3 is 10.1 Å². The Bertz CT molecular complexity index is 1140. The zero-order valence-electron chi connectivity index (χ0n) is 18.1. The number of thioether (sulfide) groups is 1. The molecule has 7 heteroatoms. The Morgan fingerprint density at radius 2 is 2.00 bits per heavy atom. The summed E-state index contributed by atoms with van der Waals surface area (Å²) < 4.78 is 6.83. The van der Waals surface area contributed by atoms with Gasteiger partial charge in [0.2, 0.25) is 0 Å². The van der Waals surface area contributed by atoms with Gasteiger partial charge in [0.05, 0.1) is 24.1 Å². The molecule has 31 heavy (non-hydrogen) atoms. The lowest BCUT2D eigenvalue weighted by molar-refractivity contribution is 0.0943. The van der Waals surface area contributed by atoms with Crippen molar-refractivity contribution in [1.29, 1.82) is 0 Å². The number of nitrogens with one attached hydrogen (secondary N) is 1. The molecule has 1 heterocycles. The maximum atomic E-state index is 13.2. The molecule has 1 aromatic heterocycles. The van der Waals surface area contributed by atoms with Crippen LogP contribution >= 0.6 is 11.8 Å². The summed E-state index contributed by atoms with van der Waals surface area (Å²) in [6.45, 7) is 8.40. The number of carbonyl (C=O) groups excluding carboxylic acids is 1. The van der Waals surface area contributed by atoms with Gasteiger partial charge in [0.25, 0.3) is 11.5 Å². The van der Waals surface area contributed by atoms with Crippen molar-refractivity contribution in [1.82, 2.24) is 14.9 Å². The monoisotopic (exact) mass is 437 g/mol. The van der Waals surface area contributed by atoms with Crippen LogP contribution in [0.1, 0.15) is 35.3 Å². The lowest BCUT2D eigenvalue weighted by Crippen LogP contribution is -2.30. The second-order valence-electron chi connectivity index (χ2n) is 7.44. The molecule has 162 valence electrons. The van der Waals surface area contributed by atoms with Crippen molar-refractivity contribution in [3.05, 3.63) is 76.1 Å². The average molecular weight is 438 g/mol. The highest BCUT2D eigenvalue weighted by molar-refractivity contribution is 7.98. The van der Waals surface area contributed by atoms with E-state index in [1.54, 1.807) is 36.0 Å². The molecule has 1 N–H and O–H groups in total. The first kappa shape index (κ1) is 22.8. The Morgan fingerprint density at radius 3 is 2.65 bits per heavy atom. The molecule has 0 aliphatic carbocycles. The van der Waals surface area contributed by atoms with E-state index in [2.05, 4.69) is 11.9 Å². The number of benzene rings is 2. The number of nitrogens with zero attached hydrogens (tertiary/aromatic N) is 2. The van der Waals surface area contributed by atoms with Crippen LogP contribution in [-0.4, -0.2) is 35.2 Å². The number of ether oxygens (including phenoxy) is 1. The van der Waals surface area contributed by atoms with E-state index in [9.17, 15) is 9.59 Å². The summed E-state index contributed by atoms with van der Waals surface area (Å²) >= 11 is 1.49. The van der Waals surface area contributed by atoms with Crippen LogP contribution in [0.4, 0.5) is 0 Å². The molecule has 3 aromatic rings. The predicted molar refractivity (Wildman–Crippen MR) is 127 cm³/mol. The van der Waals surface area contributed by atoms with Gasteiger partial charge in [0.15, 0.2) is 5.16 Å². The van der Waals surface area contributed by atoms with Gasteiger partial charge in [-0.3, -0.25) is 14.2 Å². The van der Waals surface area contributed by atoms with Crippen LogP contribution in [0.25, 0.3) is 17.0 Å². The van der Waals surface area contributed by atoms with Crippen LogP contribution in [0, 0.1) is 0 Å². The molecule has 2 aromatic carbocycles. The fraction of sp³-hybridized carbons (Fsp3) is 0.292. The van der Waals surface area contributed by atoms with Gasteiger partial charge in [-0.05, 0) is 43.2 Å². The average Bonchev–Trinajstić information content (AvgIpc) is 2.76. The SMILES string of the molecule is C=Cc1ccc(CSc2nc3cc(C(=O)NC(C)C)ccc3c(=O)n2CCOC)cc1. The molecule has 0 bridgehead atoms. The second kappa shape index (κ2) is 10.4. The van der Waals surface area contributed by atoms with Crippen molar-refractivity contribution in [3.63, 3.8) is 0 Å². The molecular formula is C24H27N3O3S. The number of rotatable bonds is 9. The van der Waals surface area contributed by atoms with Crippen LogP contribution < -0.4 is 10.9 Å². The quantitative estimate of drug-likeness (QED) is 0.403. The van der Waals surface area contributed by atoms with Gasteiger partial charge in [-0.25, -0.2) is 4.98 Å². The second-order valence-corrected chi connectivity index (χ2v) is 8.38. The van der Waals surface area contributed by atoms with E-state index in [0.717, 1.165) is 11.1 Å². The van der Waals surface area contributed by atoms with Crippen molar-refractivity contribution in [2.24, 2.45) is 0 Å². The minimum absolute atomic E-state index is 0.0248. The summed E-state index contributed by atoms with van der Waals surface area (Å²) in [5.41, 5.74) is 3.04.